The second-order valence-electron chi connectivity index (χ2n) is 4.27. The standard InChI is InChI=1S/C15H11Cl4IO/c1-2-21-14-7-11(17)9(6-12(14)18)15(19)10-5-8(16)3-4-13(10)20/h3-7,15H,2H2,1H3. The van der Waals surface area contributed by atoms with Crippen LogP contribution >= 0.6 is 69.0 Å². The van der Waals surface area contributed by atoms with Crippen molar-refractivity contribution in [2.24, 2.45) is 0 Å². The van der Waals surface area contributed by atoms with Crippen LogP contribution < -0.4 is 4.74 Å². The van der Waals surface area contributed by atoms with Gasteiger partial charge in [-0.1, -0.05) is 34.8 Å². The zero-order chi connectivity index (χ0) is 15.6. The molecule has 1 unspecified atom stereocenters. The smallest absolute Gasteiger partial charge is 0.139 e. The summed E-state index contributed by atoms with van der Waals surface area (Å²) in [5.41, 5.74) is 1.62. The molecule has 0 aliphatic carbocycles. The maximum absolute atomic E-state index is 6.57. The number of halogens is 5. The van der Waals surface area contributed by atoms with E-state index in [1.54, 1.807) is 12.1 Å². The van der Waals surface area contributed by atoms with Crippen LogP contribution in [0.3, 0.4) is 0 Å². The fraction of sp³-hybridized carbons (Fsp3) is 0.200. The Labute approximate surface area is 157 Å². The summed E-state index contributed by atoms with van der Waals surface area (Å²) >= 11 is 27.4. The predicted molar refractivity (Wildman–Crippen MR) is 99.5 cm³/mol. The van der Waals surface area contributed by atoms with Crippen LogP contribution in [0.4, 0.5) is 0 Å². The fourth-order valence-corrected chi connectivity index (χ4v) is 3.80. The van der Waals surface area contributed by atoms with Crippen molar-refractivity contribution in [3.8, 4) is 5.75 Å². The summed E-state index contributed by atoms with van der Waals surface area (Å²) in [6, 6.07) is 9.00. The molecule has 0 saturated carbocycles. The maximum Gasteiger partial charge on any atom is 0.139 e. The van der Waals surface area contributed by atoms with Crippen molar-refractivity contribution >= 4 is 69.0 Å². The Kier molecular flexibility index (Phi) is 6.33. The first-order valence-corrected chi connectivity index (χ1v) is 8.79. The summed E-state index contributed by atoms with van der Waals surface area (Å²) in [4.78, 5) is 0. The molecular weight excluding hydrogens is 465 g/mol. The second kappa shape index (κ2) is 7.60. The van der Waals surface area contributed by atoms with Crippen molar-refractivity contribution < 1.29 is 4.74 Å². The Balaban J connectivity index is 2.46. The summed E-state index contributed by atoms with van der Waals surface area (Å²) < 4.78 is 6.43. The third-order valence-electron chi connectivity index (χ3n) is 2.86. The van der Waals surface area contributed by atoms with E-state index in [9.17, 15) is 0 Å². The van der Waals surface area contributed by atoms with E-state index < -0.39 is 5.38 Å². The fourth-order valence-electron chi connectivity index (χ4n) is 1.88. The molecule has 1 nitrogen and oxygen atoms in total. The summed E-state index contributed by atoms with van der Waals surface area (Å²) in [7, 11) is 0. The molecule has 0 fully saturated rings. The van der Waals surface area contributed by atoms with Crippen LogP contribution in [0, 0.1) is 3.57 Å². The Hall–Kier alpha value is 0.130. The highest BCUT2D eigenvalue weighted by Gasteiger charge is 2.19. The highest BCUT2D eigenvalue weighted by molar-refractivity contribution is 14.1. The summed E-state index contributed by atoms with van der Waals surface area (Å²) in [6.07, 6.45) is 0. The molecule has 0 N–H and O–H groups in total. The van der Waals surface area contributed by atoms with Gasteiger partial charge in [0.1, 0.15) is 5.75 Å². The van der Waals surface area contributed by atoms with Gasteiger partial charge in [-0.25, -0.2) is 0 Å². The lowest BCUT2D eigenvalue weighted by Crippen LogP contribution is -1.99. The molecule has 112 valence electrons. The summed E-state index contributed by atoms with van der Waals surface area (Å²) in [5.74, 6) is 0.553. The molecule has 1 atom stereocenters. The second-order valence-corrected chi connectivity index (χ2v) is 7.12. The van der Waals surface area contributed by atoms with Crippen molar-refractivity contribution in [3.63, 3.8) is 0 Å². The van der Waals surface area contributed by atoms with Gasteiger partial charge in [-0.15, -0.1) is 11.6 Å². The number of hydrogen-bond donors (Lipinski definition) is 0. The lowest BCUT2D eigenvalue weighted by molar-refractivity contribution is 0.340. The first-order valence-electron chi connectivity index (χ1n) is 6.14. The lowest BCUT2D eigenvalue weighted by Gasteiger charge is -2.16. The quantitative estimate of drug-likeness (QED) is 0.342. The van der Waals surface area contributed by atoms with Crippen molar-refractivity contribution in [2.45, 2.75) is 12.3 Å². The van der Waals surface area contributed by atoms with Gasteiger partial charge < -0.3 is 4.74 Å². The van der Waals surface area contributed by atoms with Crippen molar-refractivity contribution in [3.05, 3.63) is 60.1 Å². The molecule has 0 aromatic heterocycles. The maximum atomic E-state index is 6.57. The SMILES string of the molecule is CCOc1cc(Cl)c(C(Cl)c2cc(Cl)ccc2I)cc1Cl. The molecule has 0 aliphatic heterocycles. The minimum Gasteiger partial charge on any atom is -0.492 e. The molecule has 21 heavy (non-hydrogen) atoms. The van der Waals surface area contributed by atoms with Crippen LogP contribution in [0.15, 0.2) is 30.3 Å². The van der Waals surface area contributed by atoms with Crippen LogP contribution in [0.2, 0.25) is 15.1 Å². The van der Waals surface area contributed by atoms with Gasteiger partial charge >= 0.3 is 0 Å². The van der Waals surface area contributed by atoms with Crippen molar-refractivity contribution in [1.29, 1.82) is 0 Å². The van der Waals surface area contributed by atoms with Crippen molar-refractivity contribution in [2.75, 3.05) is 6.61 Å². The molecular formula is C15H11Cl4IO. The molecule has 0 spiro atoms. The average molecular weight is 476 g/mol. The van der Waals surface area contributed by atoms with Gasteiger partial charge in [-0.3, -0.25) is 0 Å². The molecule has 0 radical (unpaired) electrons. The zero-order valence-electron chi connectivity index (χ0n) is 11.0. The Bertz CT molecular complexity index is 660. The van der Waals surface area contributed by atoms with Gasteiger partial charge in [0.15, 0.2) is 0 Å². The summed E-state index contributed by atoms with van der Waals surface area (Å²) in [5, 5.41) is 1.19. The van der Waals surface area contributed by atoms with Crippen LogP contribution in [-0.2, 0) is 0 Å². The molecule has 2 aromatic carbocycles. The molecule has 0 heterocycles. The normalized spacial score (nSPS) is 12.3. The average Bonchev–Trinajstić information content (AvgIpc) is 2.44. The van der Waals surface area contributed by atoms with E-state index in [2.05, 4.69) is 22.6 Å². The van der Waals surface area contributed by atoms with Gasteiger partial charge in [0.25, 0.3) is 0 Å². The first kappa shape index (κ1) is 17.5. The van der Waals surface area contributed by atoms with Gasteiger partial charge in [0, 0.05) is 19.7 Å². The van der Waals surface area contributed by atoms with Gasteiger partial charge in [0.2, 0.25) is 0 Å². The van der Waals surface area contributed by atoms with E-state index in [1.807, 2.05) is 25.1 Å². The van der Waals surface area contributed by atoms with Crippen LogP contribution in [-0.4, -0.2) is 6.61 Å². The molecule has 0 aliphatic rings. The Morgan fingerprint density at radius 2 is 1.76 bits per heavy atom. The van der Waals surface area contributed by atoms with Crippen LogP contribution in [0.25, 0.3) is 0 Å². The zero-order valence-corrected chi connectivity index (χ0v) is 16.2. The van der Waals surface area contributed by atoms with E-state index in [4.69, 9.17) is 51.1 Å². The van der Waals surface area contributed by atoms with E-state index in [1.165, 1.54) is 0 Å². The largest absolute Gasteiger partial charge is 0.492 e. The number of ether oxygens (including phenoxy) is 1. The van der Waals surface area contributed by atoms with E-state index in [0.717, 1.165) is 14.7 Å². The Morgan fingerprint density at radius 1 is 1.05 bits per heavy atom. The van der Waals surface area contributed by atoms with Gasteiger partial charge in [-0.2, -0.15) is 0 Å². The highest BCUT2D eigenvalue weighted by atomic mass is 127. The lowest BCUT2D eigenvalue weighted by atomic mass is 10.0. The predicted octanol–water partition coefficient (Wildman–Crippen LogP) is 6.98. The van der Waals surface area contributed by atoms with Gasteiger partial charge in [0.05, 0.1) is 17.0 Å². The third-order valence-corrected chi connectivity index (χ3v) is 5.17. The van der Waals surface area contributed by atoms with Crippen LogP contribution in [0.5, 0.6) is 5.75 Å². The minimum atomic E-state index is -0.434. The van der Waals surface area contributed by atoms with E-state index >= 15 is 0 Å². The van der Waals surface area contributed by atoms with Crippen LogP contribution in [0.1, 0.15) is 23.4 Å². The first-order chi connectivity index (χ1) is 9.93. The monoisotopic (exact) mass is 474 g/mol. The number of hydrogen-bond acceptors (Lipinski definition) is 1. The number of alkyl halides is 1. The number of benzene rings is 2. The molecule has 0 bridgehead atoms. The third kappa shape index (κ3) is 4.11. The molecule has 0 saturated heterocycles. The number of rotatable bonds is 4. The topological polar surface area (TPSA) is 9.23 Å². The molecule has 2 aromatic rings. The minimum absolute atomic E-state index is 0.434. The van der Waals surface area contributed by atoms with Crippen molar-refractivity contribution in [1.82, 2.24) is 0 Å². The molecule has 0 amide bonds. The molecule has 6 heteroatoms. The van der Waals surface area contributed by atoms with E-state index in [0.29, 0.717) is 27.4 Å². The van der Waals surface area contributed by atoms with Gasteiger partial charge in [-0.05, 0) is 64.9 Å². The highest BCUT2D eigenvalue weighted by Crippen LogP contribution is 2.41. The molecule has 2 rings (SSSR count). The summed E-state index contributed by atoms with van der Waals surface area (Å²) in [6.45, 7) is 2.41. The Morgan fingerprint density at radius 3 is 2.43 bits per heavy atom. The van der Waals surface area contributed by atoms with E-state index in [-0.39, 0.29) is 0 Å².